The number of nitrogens with one attached hydrogen (secondary N) is 1. The predicted molar refractivity (Wildman–Crippen MR) is 39.5 cm³/mol. The van der Waals surface area contributed by atoms with Gasteiger partial charge in [0.2, 0.25) is 0 Å². The molecular weight excluding hydrogens is 140 g/mol. The van der Waals surface area contributed by atoms with Gasteiger partial charge in [-0.15, -0.1) is 0 Å². The highest BCUT2D eigenvalue weighted by Crippen LogP contribution is 2.18. The molecule has 0 spiro atoms. The summed E-state index contributed by atoms with van der Waals surface area (Å²) < 4.78 is 0. The lowest BCUT2D eigenvalue weighted by Gasteiger charge is -2.05. The minimum Gasteiger partial charge on any atom is -0.301 e. The lowest BCUT2D eigenvalue weighted by molar-refractivity contribution is 0.0882. The number of aromatic nitrogens is 1. The summed E-state index contributed by atoms with van der Waals surface area (Å²) in [4.78, 5) is 9.00. The van der Waals surface area contributed by atoms with Gasteiger partial charge < -0.3 is 4.84 Å². The zero-order valence-corrected chi connectivity index (χ0v) is 6.08. The molecule has 1 radical (unpaired) electrons. The van der Waals surface area contributed by atoms with Crippen LogP contribution in [-0.4, -0.2) is 11.6 Å². The van der Waals surface area contributed by atoms with E-state index in [2.05, 4.69) is 16.5 Å². The molecular formula is C8H9N2O. The minimum atomic E-state index is 0.306. The molecule has 1 fully saturated rings. The van der Waals surface area contributed by atoms with Gasteiger partial charge in [-0.3, -0.25) is 4.98 Å². The van der Waals surface area contributed by atoms with Crippen molar-refractivity contribution in [1.29, 1.82) is 0 Å². The van der Waals surface area contributed by atoms with Gasteiger partial charge >= 0.3 is 0 Å². The molecule has 2 heterocycles. The van der Waals surface area contributed by atoms with Gasteiger partial charge in [0.05, 0.1) is 12.6 Å². The van der Waals surface area contributed by atoms with Crippen molar-refractivity contribution in [3.63, 3.8) is 0 Å². The standard InChI is InChI=1S/C8H9N2O/c1-2-7(6-9-4-1)8-3-5-11-10-8/h2,4,6,8,10H,3,5H2. The van der Waals surface area contributed by atoms with Gasteiger partial charge in [0.1, 0.15) is 0 Å². The molecule has 1 aromatic rings. The summed E-state index contributed by atoms with van der Waals surface area (Å²) in [5, 5.41) is 0. The van der Waals surface area contributed by atoms with Crippen molar-refractivity contribution in [1.82, 2.24) is 10.5 Å². The molecule has 0 amide bonds. The van der Waals surface area contributed by atoms with E-state index in [9.17, 15) is 0 Å². The van der Waals surface area contributed by atoms with Crippen molar-refractivity contribution >= 4 is 0 Å². The smallest absolute Gasteiger partial charge is 0.0701 e. The van der Waals surface area contributed by atoms with Crippen LogP contribution in [0.1, 0.15) is 18.0 Å². The lowest BCUT2D eigenvalue weighted by atomic mass is 10.1. The van der Waals surface area contributed by atoms with Crippen LogP contribution in [0.15, 0.2) is 18.5 Å². The Morgan fingerprint density at radius 1 is 1.73 bits per heavy atom. The fourth-order valence-electron chi connectivity index (χ4n) is 1.16. The Kier molecular flexibility index (Phi) is 1.83. The maximum Gasteiger partial charge on any atom is 0.0701 e. The van der Waals surface area contributed by atoms with Crippen molar-refractivity contribution in [2.24, 2.45) is 0 Å². The number of hydrogen-bond donors (Lipinski definition) is 1. The van der Waals surface area contributed by atoms with E-state index >= 15 is 0 Å². The van der Waals surface area contributed by atoms with Crippen LogP contribution in [0, 0.1) is 6.07 Å². The number of pyridine rings is 1. The normalized spacial score (nSPS) is 23.8. The Morgan fingerprint density at radius 2 is 2.73 bits per heavy atom. The molecule has 1 N–H and O–H groups in total. The van der Waals surface area contributed by atoms with Crippen LogP contribution in [0.3, 0.4) is 0 Å². The molecule has 1 aliphatic rings. The lowest BCUT2D eigenvalue weighted by Crippen LogP contribution is -2.11. The Balaban J connectivity index is 2.16. The molecule has 0 aliphatic carbocycles. The Labute approximate surface area is 65.4 Å². The first kappa shape index (κ1) is 6.76. The molecule has 3 heteroatoms. The zero-order chi connectivity index (χ0) is 7.52. The fraction of sp³-hybridized carbons (Fsp3) is 0.375. The summed E-state index contributed by atoms with van der Waals surface area (Å²) in [5.41, 5.74) is 4.06. The van der Waals surface area contributed by atoms with Crippen LogP contribution >= 0.6 is 0 Å². The molecule has 0 bridgehead atoms. The molecule has 0 aromatic carbocycles. The quantitative estimate of drug-likeness (QED) is 0.642. The molecule has 0 saturated carbocycles. The largest absolute Gasteiger partial charge is 0.301 e. The molecule has 2 rings (SSSR count). The third kappa shape index (κ3) is 1.39. The van der Waals surface area contributed by atoms with Gasteiger partial charge in [-0.25, -0.2) is 0 Å². The van der Waals surface area contributed by atoms with E-state index in [1.807, 2.05) is 12.3 Å². The second kappa shape index (κ2) is 2.98. The Bertz CT molecular complexity index is 219. The van der Waals surface area contributed by atoms with E-state index in [4.69, 9.17) is 4.84 Å². The first-order valence-electron chi connectivity index (χ1n) is 3.65. The van der Waals surface area contributed by atoms with Gasteiger partial charge in [0, 0.05) is 18.5 Å². The van der Waals surface area contributed by atoms with Gasteiger partial charge in [0.15, 0.2) is 0 Å². The minimum absolute atomic E-state index is 0.306. The summed E-state index contributed by atoms with van der Waals surface area (Å²) in [5.74, 6) is 0. The maximum atomic E-state index is 5.02. The van der Waals surface area contributed by atoms with Crippen molar-refractivity contribution < 1.29 is 4.84 Å². The van der Waals surface area contributed by atoms with E-state index in [1.165, 1.54) is 0 Å². The number of hydroxylamine groups is 1. The van der Waals surface area contributed by atoms with Crippen LogP contribution in [-0.2, 0) is 4.84 Å². The van der Waals surface area contributed by atoms with E-state index < -0.39 is 0 Å². The topological polar surface area (TPSA) is 34.1 Å². The van der Waals surface area contributed by atoms with Crippen molar-refractivity contribution in [3.05, 3.63) is 30.1 Å². The number of nitrogens with zero attached hydrogens (tertiary/aromatic N) is 1. The van der Waals surface area contributed by atoms with Crippen molar-refractivity contribution in [2.75, 3.05) is 6.61 Å². The molecule has 57 valence electrons. The maximum absolute atomic E-state index is 5.02. The second-order valence-electron chi connectivity index (χ2n) is 2.53. The molecule has 1 unspecified atom stereocenters. The number of hydrogen-bond acceptors (Lipinski definition) is 3. The van der Waals surface area contributed by atoms with Crippen molar-refractivity contribution in [2.45, 2.75) is 12.5 Å². The molecule has 1 aromatic heterocycles. The first-order chi connectivity index (χ1) is 5.47. The van der Waals surface area contributed by atoms with Crippen LogP contribution in [0.4, 0.5) is 0 Å². The third-order valence-electron chi connectivity index (χ3n) is 1.76. The molecule has 1 atom stereocenters. The zero-order valence-electron chi connectivity index (χ0n) is 6.08. The summed E-state index contributed by atoms with van der Waals surface area (Å²) in [6, 6.07) is 5.17. The van der Waals surface area contributed by atoms with E-state index in [-0.39, 0.29) is 0 Å². The van der Waals surface area contributed by atoms with Gasteiger partial charge in [-0.05, 0) is 18.1 Å². The molecule has 3 nitrogen and oxygen atoms in total. The van der Waals surface area contributed by atoms with Gasteiger partial charge in [0.25, 0.3) is 0 Å². The molecule has 1 aliphatic heterocycles. The predicted octanol–water partition coefficient (Wildman–Crippen LogP) is 0.848. The summed E-state index contributed by atoms with van der Waals surface area (Å²) in [6.45, 7) is 0.777. The van der Waals surface area contributed by atoms with E-state index in [0.29, 0.717) is 6.04 Å². The van der Waals surface area contributed by atoms with Crippen molar-refractivity contribution in [3.8, 4) is 0 Å². The van der Waals surface area contributed by atoms with Crippen LogP contribution in [0.25, 0.3) is 0 Å². The average molecular weight is 149 g/mol. The molecule has 1 saturated heterocycles. The van der Waals surface area contributed by atoms with Gasteiger partial charge in [-0.2, -0.15) is 5.48 Å². The monoisotopic (exact) mass is 149 g/mol. The van der Waals surface area contributed by atoms with E-state index in [0.717, 1.165) is 18.6 Å². The Morgan fingerprint density at radius 3 is 3.36 bits per heavy atom. The summed E-state index contributed by atoms with van der Waals surface area (Å²) in [6.07, 6.45) is 4.50. The van der Waals surface area contributed by atoms with Gasteiger partial charge in [-0.1, -0.05) is 0 Å². The Hall–Kier alpha value is -0.930. The fourth-order valence-corrected chi connectivity index (χ4v) is 1.16. The highest BCUT2D eigenvalue weighted by Gasteiger charge is 2.16. The summed E-state index contributed by atoms with van der Waals surface area (Å²) in [7, 11) is 0. The second-order valence-corrected chi connectivity index (χ2v) is 2.53. The summed E-state index contributed by atoms with van der Waals surface area (Å²) >= 11 is 0. The third-order valence-corrected chi connectivity index (χ3v) is 1.76. The van der Waals surface area contributed by atoms with Crippen LogP contribution in [0.2, 0.25) is 0 Å². The van der Waals surface area contributed by atoms with Crippen LogP contribution in [0.5, 0.6) is 0 Å². The SMILES string of the molecule is [c]1cncc(C2CCON2)c1. The average Bonchev–Trinajstić information content (AvgIpc) is 2.58. The highest BCUT2D eigenvalue weighted by atomic mass is 16.7. The van der Waals surface area contributed by atoms with Crippen LogP contribution < -0.4 is 5.48 Å². The molecule has 11 heavy (non-hydrogen) atoms. The first-order valence-corrected chi connectivity index (χ1v) is 3.65. The highest BCUT2D eigenvalue weighted by molar-refractivity contribution is 5.12. The van der Waals surface area contributed by atoms with E-state index in [1.54, 1.807) is 6.20 Å². The number of rotatable bonds is 1.